The third-order valence-electron chi connectivity index (χ3n) is 3.41. The van der Waals surface area contributed by atoms with Crippen LogP contribution >= 0.6 is 15.9 Å². The highest BCUT2D eigenvalue weighted by Gasteiger charge is 2.21. The van der Waals surface area contributed by atoms with Gasteiger partial charge in [-0.1, -0.05) is 15.9 Å². The van der Waals surface area contributed by atoms with E-state index >= 15 is 0 Å². The molecule has 0 radical (unpaired) electrons. The molecule has 1 aliphatic rings. The maximum Gasteiger partial charge on any atom is 0.410 e. The van der Waals surface area contributed by atoms with Crippen LogP contribution in [-0.2, 0) is 4.74 Å². The average Bonchev–Trinajstić information content (AvgIpc) is 2.42. The van der Waals surface area contributed by atoms with Gasteiger partial charge in [0.1, 0.15) is 5.60 Å². The van der Waals surface area contributed by atoms with Gasteiger partial charge in [0, 0.05) is 37.7 Å². The number of benzene rings is 1. The van der Waals surface area contributed by atoms with Gasteiger partial charge in [-0.2, -0.15) is 0 Å². The lowest BCUT2D eigenvalue weighted by Gasteiger charge is -2.33. The van der Waals surface area contributed by atoms with Crippen LogP contribution in [0.3, 0.4) is 0 Å². The van der Waals surface area contributed by atoms with E-state index in [1.165, 1.54) is 5.69 Å². The molecule has 0 saturated carbocycles. The first-order chi connectivity index (χ1) is 10.3. The first-order valence-electron chi connectivity index (χ1n) is 7.49. The van der Waals surface area contributed by atoms with Crippen molar-refractivity contribution in [2.45, 2.75) is 26.4 Å². The number of halogens is 1. The molecule has 122 valence electrons. The summed E-state index contributed by atoms with van der Waals surface area (Å²) in [4.78, 5) is 15.9. The number of nitrogens with zero attached hydrogens (tertiary/aromatic N) is 2. The van der Waals surface area contributed by atoms with E-state index in [4.69, 9.17) is 4.74 Å². The zero-order valence-electron chi connectivity index (χ0n) is 13.6. The monoisotopic (exact) mass is 369 g/mol. The van der Waals surface area contributed by atoms with Gasteiger partial charge in [-0.05, 0) is 39.0 Å². The number of hydrogen-bond donors (Lipinski definition) is 1. The largest absolute Gasteiger partial charge is 0.444 e. The normalized spacial score (nSPS) is 14.1. The van der Waals surface area contributed by atoms with Crippen molar-refractivity contribution >= 4 is 33.4 Å². The van der Waals surface area contributed by atoms with Crippen LogP contribution in [0, 0.1) is 0 Å². The summed E-state index contributed by atoms with van der Waals surface area (Å²) in [5.41, 5.74) is 1.84. The van der Waals surface area contributed by atoms with Crippen molar-refractivity contribution in [2.75, 3.05) is 43.4 Å². The van der Waals surface area contributed by atoms with Gasteiger partial charge >= 0.3 is 6.09 Å². The summed E-state index contributed by atoms with van der Waals surface area (Å²) in [6, 6.07) is 6.22. The van der Waals surface area contributed by atoms with Crippen LogP contribution in [-0.4, -0.2) is 49.8 Å². The van der Waals surface area contributed by atoms with Crippen molar-refractivity contribution in [3.05, 3.63) is 22.7 Å². The molecule has 0 saturated heterocycles. The Morgan fingerprint density at radius 1 is 1.45 bits per heavy atom. The first kappa shape index (κ1) is 16.9. The quantitative estimate of drug-likeness (QED) is 0.884. The molecule has 22 heavy (non-hydrogen) atoms. The molecule has 0 unspecified atom stereocenters. The van der Waals surface area contributed by atoms with Gasteiger partial charge < -0.3 is 19.9 Å². The Morgan fingerprint density at radius 2 is 2.18 bits per heavy atom. The molecular weight excluding hydrogens is 346 g/mol. The van der Waals surface area contributed by atoms with Crippen LogP contribution in [0.1, 0.15) is 20.8 Å². The zero-order chi connectivity index (χ0) is 16.3. The van der Waals surface area contributed by atoms with Crippen LogP contribution in [0.5, 0.6) is 0 Å². The molecule has 6 heteroatoms. The van der Waals surface area contributed by atoms with E-state index in [1.54, 1.807) is 11.9 Å². The van der Waals surface area contributed by atoms with Crippen LogP contribution < -0.4 is 10.2 Å². The highest BCUT2D eigenvalue weighted by atomic mass is 79.9. The molecule has 1 amide bonds. The van der Waals surface area contributed by atoms with Crippen molar-refractivity contribution in [3.63, 3.8) is 0 Å². The highest BCUT2D eigenvalue weighted by molar-refractivity contribution is 9.10. The Balaban J connectivity index is 1.94. The van der Waals surface area contributed by atoms with Crippen molar-refractivity contribution in [3.8, 4) is 0 Å². The lowest BCUT2D eigenvalue weighted by molar-refractivity contribution is 0.0303. The van der Waals surface area contributed by atoms with E-state index in [0.717, 1.165) is 29.8 Å². The van der Waals surface area contributed by atoms with Gasteiger partial charge in [0.15, 0.2) is 0 Å². The van der Waals surface area contributed by atoms with Gasteiger partial charge in [-0.3, -0.25) is 0 Å². The molecule has 0 bridgehead atoms. The Hall–Kier alpha value is -1.43. The summed E-state index contributed by atoms with van der Waals surface area (Å²) in [7, 11) is 1.78. The maximum absolute atomic E-state index is 12.0. The number of ether oxygens (including phenoxy) is 1. The molecule has 1 N–H and O–H groups in total. The predicted octanol–water partition coefficient (Wildman–Crippen LogP) is 3.55. The fourth-order valence-corrected chi connectivity index (χ4v) is 2.67. The molecule has 0 fully saturated rings. The fourth-order valence-electron chi connectivity index (χ4n) is 2.31. The fraction of sp³-hybridized carbons (Fsp3) is 0.562. The summed E-state index contributed by atoms with van der Waals surface area (Å²) in [5, 5.41) is 3.40. The molecule has 0 atom stereocenters. The number of nitrogens with one attached hydrogen (secondary N) is 1. The Morgan fingerprint density at radius 3 is 2.86 bits per heavy atom. The minimum Gasteiger partial charge on any atom is -0.444 e. The van der Waals surface area contributed by atoms with E-state index in [1.807, 2.05) is 26.8 Å². The first-order valence-corrected chi connectivity index (χ1v) is 8.28. The average molecular weight is 370 g/mol. The molecule has 1 heterocycles. The summed E-state index contributed by atoms with van der Waals surface area (Å²) >= 11 is 3.49. The Kier molecular flexibility index (Phi) is 5.21. The van der Waals surface area contributed by atoms with Gasteiger partial charge in [0.05, 0.1) is 11.4 Å². The van der Waals surface area contributed by atoms with Gasteiger partial charge in [-0.15, -0.1) is 0 Å². The van der Waals surface area contributed by atoms with Crippen molar-refractivity contribution in [1.82, 2.24) is 4.90 Å². The Labute approximate surface area is 140 Å². The molecule has 0 spiro atoms. The van der Waals surface area contributed by atoms with Crippen molar-refractivity contribution in [1.29, 1.82) is 0 Å². The van der Waals surface area contributed by atoms with E-state index in [-0.39, 0.29) is 6.09 Å². The summed E-state index contributed by atoms with van der Waals surface area (Å²) < 4.78 is 6.44. The topological polar surface area (TPSA) is 44.8 Å². The van der Waals surface area contributed by atoms with Crippen LogP contribution in [0.15, 0.2) is 22.7 Å². The number of hydrogen-bond acceptors (Lipinski definition) is 4. The predicted molar refractivity (Wildman–Crippen MR) is 93.7 cm³/mol. The second-order valence-electron chi connectivity index (χ2n) is 6.48. The molecule has 2 rings (SSSR count). The van der Waals surface area contributed by atoms with Crippen molar-refractivity contribution < 1.29 is 9.53 Å². The number of fused-ring (bicyclic) bond motifs is 1. The third-order valence-corrected chi connectivity index (χ3v) is 3.90. The standard InChI is InChI=1S/C16H24BrN3O2/c1-16(2,3)22-15(21)19(4)9-10-20-8-7-18-13-11-12(17)5-6-14(13)20/h5-6,11,18H,7-10H2,1-4H3. The second-order valence-corrected chi connectivity index (χ2v) is 7.39. The van der Waals surface area contributed by atoms with Gasteiger partial charge in [-0.25, -0.2) is 4.79 Å². The molecule has 0 aliphatic carbocycles. The zero-order valence-corrected chi connectivity index (χ0v) is 15.2. The highest BCUT2D eigenvalue weighted by Crippen LogP contribution is 2.31. The van der Waals surface area contributed by atoms with E-state index < -0.39 is 5.60 Å². The molecule has 5 nitrogen and oxygen atoms in total. The molecule has 1 aromatic rings. The number of likely N-dealkylation sites (N-methyl/N-ethyl adjacent to an activating group) is 1. The minimum atomic E-state index is -0.459. The summed E-state index contributed by atoms with van der Waals surface area (Å²) in [6.07, 6.45) is -0.279. The third kappa shape index (κ3) is 4.53. The lowest BCUT2D eigenvalue weighted by atomic mass is 10.2. The Bertz CT molecular complexity index is 543. The van der Waals surface area contributed by atoms with E-state index in [9.17, 15) is 4.79 Å². The molecule has 1 aliphatic heterocycles. The smallest absolute Gasteiger partial charge is 0.410 e. The van der Waals surface area contributed by atoms with Crippen molar-refractivity contribution in [2.24, 2.45) is 0 Å². The molecule has 1 aromatic carbocycles. The number of anilines is 2. The summed E-state index contributed by atoms with van der Waals surface area (Å²) in [5.74, 6) is 0. The van der Waals surface area contributed by atoms with Gasteiger partial charge in [0.25, 0.3) is 0 Å². The number of carbonyl (C=O) groups is 1. The number of rotatable bonds is 3. The number of carbonyl (C=O) groups excluding carboxylic acids is 1. The van der Waals surface area contributed by atoms with Crippen LogP contribution in [0.4, 0.5) is 16.2 Å². The van der Waals surface area contributed by atoms with Crippen LogP contribution in [0.25, 0.3) is 0 Å². The SMILES string of the molecule is CN(CCN1CCNc2cc(Br)ccc21)C(=O)OC(C)(C)C. The van der Waals surface area contributed by atoms with Crippen LogP contribution in [0.2, 0.25) is 0 Å². The molecule has 0 aromatic heterocycles. The molecular formula is C16H24BrN3O2. The minimum absolute atomic E-state index is 0.279. The van der Waals surface area contributed by atoms with Gasteiger partial charge in [0.2, 0.25) is 0 Å². The van der Waals surface area contributed by atoms with E-state index in [2.05, 4.69) is 38.3 Å². The summed E-state index contributed by atoms with van der Waals surface area (Å²) in [6.45, 7) is 8.88. The number of amides is 1. The second kappa shape index (κ2) is 6.77. The lowest BCUT2D eigenvalue weighted by Crippen LogP contribution is -2.42. The van der Waals surface area contributed by atoms with E-state index in [0.29, 0.717) is 6.54 Å². The maximum atomic E-state index is 12.0.